The van der Waals surface area contributed by atoms with Crippen LogP contribution in [0, 0.1) is 12.8 Å². The Bertz CT molecular complexity index is 1140. The number of amides is 1. The van der Waals surface area contributed by atoms with E-state index in [4.69, 9.17) is 9.47 Å². The lowest BCUT2D eigenvalue weighted by Gasteiger charge is -2.41. The summed E-state index contributed by atoms with van der Waals surface area (Å²) in [4.78, 5) is 20.6. The summed E-state index contributed by atoms with van der Waals surface area (Å²) in [6, 6.07) is 16.3. The maximum absolute atomic E-state index is 14.2. The predicted octanol–water partition coefficient (Wildman–Crippen LogP) is 4.14. The predicted molar refractivity (Wildman–Crippen MR) is 135 cm³/mol. The van der Waals surface area contributed by atoms with E-state index in [1.165, 1.54) is 0 Å². The van der Waals surface area contributed by atoms with E-state index in [-0.39, 0.29) is 5.91 Å². The summed E-state index contributed by atoms with van der Waals surface area (Å²) >= 11 is 0. The number of nitrogens with one attached hydrogen (secondary N) is 1. The highest BCUT2D eigenvalue weighted by Crippen LogP contribution is 2.30. The van der Waals surface area contributed by atoms with Crippen molar-refractivity contribution in [3.8, 4) is 5.75 Å². The van der Waals surface area contributed by atoms with Gasteiger partial charge >= 0.3 is 0 Å². The minimum absolute atomic E-state index is 0.0160. The van der Waals surface area contributed by atoms with Crippen LogP contribution in [0.1, 0.15) is 30.5 Å². The maximum atomic E-state index is 14.2. The molecule has 0 bridgehead atoms. The van der Waals surface area contributed by atoms with Gasteiger partial charge in [-0.25, -0.2) is 0 Å². The van der Waals surface area contributed by atoms with Crippen molar-refractivity contribution in [3.63, 3.8) is 0 Å². The Morgan fingerprint density at radius 2 is 2.09 bits per heavy atom. The second-order valence-electron chi connectivity index (χ2n) is 9.62. The third-order valence-electron chi connectivity index (χ3n) is 6.29. The van der Waals surface area contributed by atoms with Crippen LogP contribution >= 0.6 is 0 Å². The number of carbonyl (C=O) groups is 1. The average Bonchev–Trinajstić information content (AvgIpc) is 2.84. The fraction of sp³-hybridized carbons (Fsp3) is 0.429. The molecule has 0 saturated carbocycles. The van der Waals surface area contributed by atoms with Crippen LogP contribution in [0.5, 0.6) is 5.75 Å². The standard InChI is InChI=1S/C28H35N3O3/c1-20(2)17-31(18-22-8-10-25-23(15-22)6-5-11-30-25)27(32)28(19-29-12-13-34-28)16-24-9-7-21(3)14-26(24)33-4/h5-11,14-15,20,29H,12-13,16-19H2,1-4H3/t28-/m1/s1. The first kappa shape index (κ1) is 24.2. The van der Waals surface area contributed by atoms with Crippen LogP contribution in [0.2, 0.25) is 0 Å². The van der Waals surface area contributed by atoms with Crippen LogP contribution in [0.4, 0.5) is 0 Å². The Labute approximate surface area is 202 Å². The molecule has 180 valence electrons. The zero-order valence-electron chi connectivity index (χ0n) is 20.6. The number of benzene rings is 2. The summed E-state index contributed by atoms with van der Waals surface area (Å²) in [6.07, 6.45) is 2.26. The van der Waals surface area contributed by atoms with Crippen molar-refractivity contribution in [2.24, 2.45) is 5.92 Å². The lowest BCUT2D eigenvalue weighted by molar-refractivity contribution is -0.163. The van der Waals surface area contributed by atoms with Crippen molar-refractivity contribution in [2.75, 3.05) is 33.4 Å². The smallest absolute Gasteiger partial charge is 0.256 e. The number of hydrogen-bond acceptors (Lipinski definition) is 5. The molecule has 6 nitrogen and oxygen atoms in total. The van der Waals surface area contributed by atoms with Crippen molar-refractivity contribution in [3.05, 3.63) is 71.4 Å². The van der Waals surface area contributed by atoms with Gasteiger partial charge in [-0.1, -0.05) is 38.1 Å². The number of aromatic nitrogens is 1. The molecule has 0 spiro atoms. The van der Waals surface area contributed by atoms with Crippen LogP contribution in [-0.4, -0.2) is 54.7 Å². The van der Waals surface area contributed by atoms with Crippen LogP contribution < -0.4 is 10.1 Å². The summed E-state index contributed by atoms with van der Waals surface area (Å²) in [6.45, 7) is 9.20. The van der Waals surface area contributed by atoms with E-state index in [0.29, 0.717) is 38.6 Å². The lowest BCUT2D eigenvalue weighted by Crippen LogP contribution is -2.61. The molecule has 0 aliphatic carbocycles. The second-order valence-corrected chi connectivity index (χ2v) is 9.62. The highest BCUT2D eigenvalue weighted by molar-refractivity contribution is 5.86. The molecule has 0 radical (unpaired) electrons. The minimum Gasteiger partial charge on any atom is -0.496 e. The molecular formula is C28H35N3O3. The number of hydrogen-bond donors (Lipinski definition) is 1. The van der Waals surface area contributed by atoms with Crippen LogP contribution in [0.15, 0.2) is 54.7 Å². The summed E-state index contributed by atoms with van der Waals surface area (Å²) in [7, 11) is 1.67. The molecule has 0 unspecified atom stereocenters. The van der Waals surface area contributed by atoms with E-state index >= 15 is 0 Å². The SMILES string of the molecule is COc1cc(C)ccc1C[C@]1(C(=O)N(Cc2ccc3ncccc3c2)CC(C)C)CNCCO1. The van der Waals surface area contributed by atoms with E-state index in [2.05, 4.69) is 48.4 Å². The fourth-order valence-corrected chi connectivity index (χ4v) is 4.68. The monoisotopic (exact) mass is 461 g/mol. The summed E-state index contributed by atoms with van der Waals surface area (Å²) in [5.41, 5.74) is 3.16. The van der Waals surface area contributed by atoms with Crippen LogP contribution in [-0.2, 0) is 22.5 Å². The highest BCUT2D eigenvalue weighted by atomic mass is 16.5. The number of morpholine rings is 1. The third kappa shape index (κ3) is 5.40. The Balaban J connectivity index is 1.66. The number of pyridine rings is 1. The molecule has 1 N–H and O–H groups in total. The molecular weight excluding hydrogens is 426 g/mol. The van der Waals surface area contributed by atoms with Gasteiger partial charge in [0.05, 0.1) is 19.2 Å². The molecule has 3 aromatic rings. The number of nitrogens with zero attached hydrogens (tertiary/aromatic N) is 2. The third-order valence-corrected chi connectivity index (χ3v) is 6.29. The van der Waals surface area contributed by atoms with Crippen LogP contribution in [0.3, 0.4) is 0 Å². The number of aryl methyl sites for hydroxylation is 1. The second kappa shape index (κ2) is 10.5. The first-order chi connectivity index (χ1) is 16.4. The fourth-order valence-electron chi connectivity index (χ4n) is 4.68. The average molecular weight is 462 g/mol. The van der Waals surface area contributed by atoms with Gasteiger partial charge in [0.15, 0.2) is 5.60 Å². The van der Waals surface area contributed by atoms with E-state index < -0.39 is 5.60 Å². The first-order valence-corrected chi connectivity index (χ1v) is 12.0. The maximum Gasteiger partial charge on any atom is 0.256 e. The van der Waals surface area contributed by atoms with Gasteiger partial charge in [0.25, 0.3) is 5.91 Å². The molecule has 1 amide bonds. The quantitative estimate of drug-likeness (QED) is 0.546. The zero-order chi connectivity index (χ0) is 24.1. The van der Waals surface area contributed by atoms with Crippen molar-refractivity contribution in [2.45, 2.75) is 39.3 Å². The molecule has 1 atom stereocenters. The van der Waals surface area contributed by atoms with Crippen LogP contribution in [0.25, 0.3) is 10.9 Å². The summed E-state index contributed by atoms with van der Waals surface area (Å²) < 4.78 is 12.0. The van der Waals surface area contributed by atoms with Crippen molar-refractivity contribution in [1.29, 1.82) is 0 Å². The van der Waals surface area contributed by atoms with E-state index in [9.17, 15) is 4.79 Å². The molecule has 2 aromatic carbocycles. The number of fused-ring (bicyclic) bond motifs is 1. The molecule has 4 rings (SSSR count). The van der Waals surface area contributed by atoms with Gasteiger partial charge < -0.3 is 19.7 Å². The van der Waals surface area contributed by atoms with E-state index in [1.54, 1.807) is 13.3 Å². The molecule has 2 heterocycles. The van der Waals surface area contributed by atoms with Crippen molar-refractivity contribution in [1.82, 2.24) is 15.2 Å². The molecule has 34 heavy (non-hydrogen) atoms. The van der Waals surface area contributed by atoms with E-state index in [0.717, 1.165) is 39.9 Å². The minimum atomic E-state index is -0.978. The molecule has 1 aromatic heterocycles. The van der Waals surface area contributed by atoms with E-state index in [1.807, 2.05) is 36.1 Å². The molecule has 1 aliphatic heterocycles. The highest BCUT2D eigenvalue weighted by Gasteiger charge is 2.44. The normalized spacial score (nSPS) is 18.3. The van der Waals surface area contributed by atoms with Gasteiger partial charge in [-0.2, -0.15) is 0 Å². The molecule has 1 fully saturated rings. The van der Waals surface area contributed by atoms with Gasteiger partial charge in [0.1, 0.15) is 5.75 Å². The number of carbonyl (C=O) groups excluding carboxylic acids is 1. The topological polar surface area (TPSA) is 63.7 Å². The Hall–Kier alpha value is -2.96. The summed E-state index contributed by atoms with van der Waals surface area (Å²) in [5.74, 6) is 1.13. The first-order valence-electron chi connectivity index (χ1n) is 12.0. The molecule has 6 heteroatoms. The Kier molecular flexibility index (Phi) is 7.49. The van der Waals surface area contributed by atoms with Gasteiger partial charge in [-0.15, -0.1) is 0 Å². The number of methoxy groups -OCH3 is 1. The molecule has 1 aliphatic rings. The number of rotatable bonds is 8. The van der Waals surface area contributed by atoms with Gasteiger partial charge in [-0.05, 0) is 53.8 Å². The Morgan fingerprint density at radius 3 is 2.82 bits per heavy atom. The van der Waals surface area contributed by atoms with Crippen molar-refractivity contribution >= 4 is 16.8 Å². The summed E-state index contributed by atoms with van der Waals surface area (Å²) in [5, 5.41) is 4.48. The van der Waals surface area contributed by atoms with Crippen molar-refractivity contribution < 1.29 is 14.3 Å². The van der Waals surface area contributed by atoms with Gasteiger partial charge in [0.2, 0.25) is 0 Å². The Morgan fingerprint density at radius 1 is 1.24 bits per heavy atom. The zero-order valence-corrected chi connectivity index (χ0v) is 20.6. The lowest BCUT2D eigenvalue weighted by atomic mass is 9.90. The molecule has 1 saturated heterocycles. The number of ether oxygens (including phenoxy) is 2. The largest absolute Gasteiger partial charge is 0.496 e. The van der Waals surface area contributed by atoms with Gasteiger partial charge in [-0.3, -0.25) is 9.78 Å². The van der Waals surface area contributed by atoms with Gasteiger partial charge in [0, 0.05) is 44.2 Å².